The minimum absolute atomic E-state index is 0.0977. The number of aryl methyl sites for hydroxylation is 1. The number of thioether (sulfide) groups is 1. The number of aromatic amines is 1. The van der Waals surface area contributed by atoms with Crippen molar-refractivity contribution in [3.05, 3.63) is 81.7 Å². The van der Waals surface area contributed by atoms with Gasteiger partial charge in [0, 0.05) is 22.7 Å². The number of nitrogens with one attached hydrogen (secondary N) is 1. The number of carbonyl (C=O) groups is 1. The van der Waals surface area contributed by atoms with Gasteiger partial charge in [0.25, 0.3) is 5.56 Å². The molecule has 0 fully saturated rings. The van der Waals surface area contributed by atoms with Crippen LogP contribution in [0.4, 0.5) is 5.69 Å². The van der Waals surface area contributed by atoms with Crippen molar-refractivity contribution in [1.82, 2.24) is 9.97 Å². The maximum atomic E-state index is 13.0. The quantitative estimate of drug-likeness (QED) is 0.441. The number of amides is 1. The summed E-state index contributed by atoms with van der Waals surface area (Å²) in [7, 11) is 0. The lowest BCUT2D eigenvalue weighted by molar-refractivity contribution is -0.116. The Labute approximate surface area is 194 Å². The van der Waals surface area contributed by atoms with Crippen LogP contribution in [0.3, 0.4) is 0 Å². The van der Waals surface area contributed by atoms with Gasteiger partial charge in [-0.25, -0.2) is 4.98 Å². The van der Waals surface area contributed by atoms with E-state index in [0.29, 0.717) is 22.7 Å². The van der Waals surface area contributed by atoms with Gasteiger partial charge in [0.1, 0.15) is 10.7 Å². The highest BCUT2D eigenvalue weighted by Crippen LogP contribution is 2.32. The fraction of sp³-hybridized carbons (Fsp3) is 0.240. The molecule has 2 aromatic heterocycles. The molecule has 0 spiro atoms. The Kier molecular flexibility index (Phi) is 5.85. The third kappa shape index (κ3) is 3.98. The van der Waals surface area contributed by atoms with Gasteiger partial charge in [-0.3, -0.25) is 9.59 Å². The number of H-pyrrole nitrogens is 1. The Hall–Kier alpha value is -2.90. The molecule has 0 saturated carbocycles. The molecule has 1 atom stereocenters. The van der Waals surface area contributed by atoms with E-state index in [1.54, 1.807) is 0 Å². The minimum atomic E-state index is -0.129. The number of benzene rings is 2. The number of rotatable bonds is 5. The van der Waals surface area contributed by atoms with Crippen molar-refractivity contribution >= 4 is 44.9 Å². The van der Waals surface area contributed by atoms with Crippen molar-refractivity contribution in [3.8, 4) is 11.1 Å². The van der Waals surface area contributed by atoms with E-state index in [2.05, 4.69) is 23.0 Å². The van der Waals surface area contributed by atoms with Crippen LogP contribution in [0.15, 0.2) is 64.8 Å². The summed E-state index contributed by atoms with van der Waals surface area (Å²) in [6, 6.07) is 18.2. The number of hydrogen-bond donors (Lipinski definition) is 1. The molecule has 0 saturated heterocycles. The Bertz CT molecular complexity index is 1330. The molecule has 0 aliphatic carbocycles. The lowest BCUT2D eigenvalue weighted by atomic mass is 9.97. The fourth-order valence-electron chi connectivity index (χ4n) is 4.26. The van der Waals surface area contributed by atoms with E-state index in [4.69, 9.17) is 0 Å². The van der Waals surface area contributed by atoms with Crippen LogP contribution in [0.25, 0.3) is 21.3 Å². The maximum Gasteiger partial charge on any atom is 0.260 e. The molecule has 1 unspecified atom stereocenters. The zero-order valence-corrected chi connectivity index (χ0v) is 19.3. The first-order valence-corrected chi connectivity index (χ1v) is 12.7. The Morgan fingerprint density at radius 3 is 2.81 bits per heavy atom. The predicted molar refractivity (Wildman–Crippen MR) is 134 cm³/mol. The van der Waals surface area contributed by atoms with Crippen LogP contribution >= 0.6 is 23.1 Å². The molecule has 1 amide bonds. The highest BCUT2D eigenvalue weighted by molar-refractivity contribution is 7.99. The molecule has 7 heteroatoms. The monoisotopic (exact) mass is 461 g/mol. The molecule has 32 heavy (non-hydrogen) atoms. The maximum absolute atomic E-state index is 13.0. The second-order valence-corrected chi connectivity index (χ2v) is 9.82. The Balaban J connectivity index is 1.30. The molecule has 1 N–H and O–H groups in total. The van der Waals surface area contributed by atoms with Crippen LogP contribution in [0.5, 0.6) is 0 Å². The standard InChI is InChI=1S/C25H23N3O2S2/c1-16-11-12-18-9-5-6-10-20(18)28(16)22(29)15-31-14-21-26-24(30)23-19(13-32-25(23)27-21)17-7-3-2-4-8-17/h2-10,13,16H,11-12,14-15H2,1H3,(H,26,27,30). The predicted octanol–water partition coefficient (Wildman–Crippen LogP) is 5.25. The molecule has 2 aromatic carbocycles. The van der Waals surface area contributed by atoms with Gasteiger partial charge in [-0.2, -0.15) is 0 Å². The molecular formula is C25H23N3O2S2. The molecule has 0 bridgehead atoms. The average molecular weight is 462 g/mol. The van der Waals surface area contributed by atoms with Gasteiger partial charge in [0.15, 0.2) is 0 Å². The van der Waals surface area contributed by atoms with Crippen LogP contribution in [-0.2, 0) is 17.0 Å². The molecule has 4 aromatic rings. The second kappa shape index (κ2) is 8.92. The highest BCUT2D eigenvalue weighted by atomic mass is 32.2. The van der Waals surface area contributed by atoms with Crippen LogP contribution in [0.2, 0.25) is 0 Å². The topological polar surface area (TPSA) is 66.1 Å². The molecule has 162 valence electrons. The molecule has 5 rings (SSSR count). The summed E-state index contributed by atoms with van der Waals surface area (Å²) in [5, 5.41) is 2.61. The first-order valence-electron chi connectivity index (χ1n) is 10.7. The van der Waals surface area contributed by atoms with E-state index in [0.717, 1.165) is 34.5 Å². The lowest BCUT2D eigenvalue weighted by Crippen LogP contribution is -2.43. The fourth-order valence-corrected chi connectivity index (χ4v) is 5.98. The van der Waals surface area contributed by atoms with E-state index < -0.39 is 0 Å². The third-order valence-corrected chi connectivity index (χ3v) is 7.64. The van der Waals surface area contributed by atoms with Crippen molar-refractivity contribution < 1.29 is 4.79 Å². The van der Waals surface area contributed by atoms with Crippen molar-refractivity contribution in [2.75, 3.05) is 10.7 Å². The first kappa shape index (κ1) is 21.0. The summed E-state index contributed by atoms with van der Waals surface area (Å²) in [4.78, 5) is 36.1. The lowest BCUT2D eigenvalue weighted by Gasteiger charge is -2.35. The number of carbonyl (C=O) groups excluding carboxylic acids is 1. The van der Waals surface area contributed by atoms with Crippen LogP contribution < -0.4 is 10.5 Å². The Morgan fingerprint density at radius 1 is 1.19 bits per heavy atom. The second-order valence-electron chi connectivity index (χ2n) is 7.98. The summed E-state index contributed by atoms with van der Waals surface area (Å²) in [6.45, 7) is 2.10. The van der Waals surface area contributed by atoms with E-state index in [1.165, 1.54) is 28.7 Å². The summed E-state index contributed by atoms with van der Waals surface area (Å²) < 4.78 is 0. The van der Waals surface area contributed by atoms with Crippen molar-refractivity contribution in [1.29, 1.82) is 0 Å². The van der Waals surface area contributed by atoms with Gasteiger partial charge in [-0.1, -0.05) is 48.5 Å². The summed E-state index contributed by atoms with van der Waals surface area (Å²) in [6.07, 6.45) is 1.98. The zero-order chi connectivity index (χ0) is 22.1. The van der Waals surface area contributed by atoms with Crippen LogP contribution in [0.1, 0.15) is 24.7 Å². The molecule has 0 radical (unpaired) electrons. The molecular weight excluding hydrogens is 438 g/mol. The van der Waals surface area contributed by atoms with E-state index in [9.17, 15) is 9.59 Å². The van der Waals surface area contributed by atoms with Crippen LogP contribution in [0, 0.1) is 0 Å². The smallest absolute Gasteiger partial charge is 0.260 e. The highest BCUT2D eigenvalue weighted by Gasteiger charge is 2.27. The normalized spacial score (nSPS) is 15.7. The molecule has 1 aliphatic heterocycles. The molecule has 5 nitrogen and oxygen atoms in total. The average Bonchev–Trinajstić information content (AvgIpc) is 3.24. The van der Waals surface area contributed by atoms with Gasteiger partial charge < -0.3 is 9.88 Å². The molecule has 3 heterocycles. The van der Waals surface area contributed by atoms with Crippen molar-refractivity contribution in [2.24, 2.45) is 0 Å². The van der Waals surface area contributed by atoms with Gasteiger partial charge in [0.05, 0.1) is 16.9 Å². The number of nitrogens with zero attached hydrogens (tertiary/aromatic N) is 2. The minimum Gasteiger partial charge on any atom is -0.309 e. The number of para-hydroxylation sites is 1. The summed E-state index contributed by atoms with van der Waals surface area (Å²) in [5.41, 5.74) is 4.04. The van der Waals surface area contributed by atoms with E-state index in [1.807, 2.05) is 58.8 Å². The van der Waals surface area contributed by atoms with Crippen LogP contribution in [-0.4, -0.2) is 27.7 Å². The first-order chi connectivity index (χ1) is 15.6. The molecule has 1 aliphatic rings. The number of anilines is 1. The number of hydrogen-bond acceptors (Lipinski definition) is 5. The SMILES string of the molecule is CC1CCc2ccccc2N1C(=O)CSCc1nc2scc(-c3ccccc3)c2c(=O)[nH]1. The Morgan fingerprint density at radius 2 is 1.97 bits per heavy atom. The largest absolute Gasteiger partial charge is 0.309 e. The van der Waals surface area contributed by atoms with Gasteiger partial charge >= 0.3 is 0 Å². The number of aromatic nitrogens is 2. The number of fused-ring (bicyclic) bond motifs is 2. The van der Waals surface area contributed by atoms with Gasteiger partial charge in [-0.05, 0) is 37.0 Å². The summed E-state index contributed by atoms with van der Waals surface area (Å²) >= 11 is 2.96. The van der Waals surface area contributed by atoms with Crippen molar-refractivity contribution in [2.45, 2.75) is 31.6 Å². The van der Waals surface area contributed by atoms with Gasteiger partial charge in [-0.15, -0.1) is 23.1 Å². The summed E-state index contributed by atoms with van der Waals surface area (Å²) in [5.74, 6) is 1.54. The number of thiophene rings is 1. The third-order valence-electron chi connectivity index (χ3n) is 5.83. The van der Waals surface area contributed by atoms with Crippen molar-refractivity contribution in [3.63, 3.8) is 0 Å². The van der Waals surface area contributed by atoms with Gasteiger partial charge in [0.2, 0.25) is 5.91 Å². The van der Waals surface area contributed by atoms with E-state index >= 15 is 0 Å². The zero-order valence-electron chi connectivity index (χ0n) is 17.7. The van der Waals surface area contributed by atoms with E-state index in [-0.39, 0.29) is 17.5 Å².